The Hall–Kier alpha value is -0.137. The van der Waals surface area contributed by atoms with Crippen molar-refractivity contribution in [2.75, 3.05) is 6.61 Å². The molecule has 1 aromatic rings. The van der Waals surface area contributed by atoms with Crippen LogP contribution in [0.1, 0.15) is 0 Å². The van der Waals surface area contributed by atoms with Crippen LogP contribution in [0.5, 0.6) is 5.75 Å². The molecule has 0 aromatic heterocycles. The second-order valence-electron chi connectivity index (χ2n) is 1.83. The molecule has 60 valence electrons. The van der Waals surface area contributed by atoms with E-state index in [0.29, 0.717) is 6.61 Å². The zero-order valence-corrected chi connectivity index (χ0v) is 11.3. The van der Waals surface area contributed by atoms with Crippen molar-refractivity contribution in [2.45, 2.75) is 0 Å². The van der Waals surface area contributed by atoms with Gasteiger partial charge in [0, 0.05) is 5.75 Å². The van der Waals surface area contributed by atoms with Crippen LogP contribution in [0, 0.1) is 6.07 Å². The Morgan fingerprint density at radius 2 is 2.33 bits per heavy atom. The van der Waals surface area contributed by atoms with Gasteiger partial charge in [-0.2, -0.15) is 18.2 Å². The van der Waals surface area contributed by atoms with E-state index in [1.807, 2.05) is 24.3 Å². The number of benzene rings is 1. The Morgan fingerprint density at radius 3 is 2.83 bits per heavy atom. The van der Waals surface area contributed by atoms with Gasteiger partial charge in [-0.1, -0.05) is 12.7 Å². The van der Waals surface area contributed by atoms with Gasteiger partial charge in [-0.25, -0.2) is 0 Å². The Morgan fingerprint density at radius 1 is 1.58 bits per heavy atom. The molecule has 0 radical (unpaired) electrons. The third-order valence-electron chi connectivity index (χ3n) is 1.04. The van der Waals surface area contributed by atoms with E-state index in [2.05, 4.69) is 26.3 Å². The fourth-order valence-electron chi connectivity index (χ4n) is 0.615. The minimum absolute atomic E-state index is 0.542. The zero-order valence-electron chi connectivity index (χ0n) is 6.79. The molecule has 0 aliphatic heterocycles. The first-order valence-corrected chi connectivity index (χ1v) is 10.4. The maximum absolute atomic E-state index is 5.18. The third kappa shape index (κ3) is 5.51. The van der Waals surface area contributed by atoms with Crippen LogP contribution in [0.2, 0.25) is 0 Å². The van der Waals surface area contributed by atoms with E-state index < -0.39 is 0 Å². The van der Waals surface area contributed by atoms with E-state index >= 15 is 0 Å². The Balaban J connectivity index is 0.000000561. The van der Waals surface area contributed by atoms with Crippen molar-refractivity contribution in [1.82, 2.24) is 0 Å². The van der Waals surface area contributed by atoms with Crippen LogP contribution in [-0.2, 0) is 16.3 Å². The zero-order chi connectivity index (χ0) is 9.23. The summed E-state index contributed by atoms with van der Waals surface area (Å²) in [6.45, 7) is 4.08. The summed E-state index contributed by atoms with van der Waals surface area (Å²) in [6, 6.07) is 10.4. The molecule has 1 rings (SSSR count). The molecule has 0 saturated heterocycles. The molecule has 1 aromatic carbocycles. The molecule has 0 heterocycles. The minimum atomic E-state index is 0.542. The standard InChI is InChI=1S/C9H9O.BrH.Zn/c1-2-8-10-9-6-4-3-5-7-9;;/h2-6H,1,8H2;1H;/q-1;;+2/p-1. The number of hydrogen-bond acceptors (Lipinski definition) is 1. The molecule has 1 nitrogen and oxygen atoms in total. The number of ether oxygens (including phenoxy) is 1. The van der Waals surface area contributed by atoms with Gasteiger partial charge in [0.1, 0.15) is 6.61 Å². The summed E-state index contributed by atoms with van der Waals surface area (Å²) in [7, 11) is 0. The van der Waals surface area contributed by atoms with E-state index in [1.165, 1.54) is 16.3 Å². The van der Waals surface area contributed by atoms with Gasteiger partial charge in [0.15, 0.2) is 0 Å². The van der Waals surface area contributed by atoms with Crippen molar-refractivity contribution in [2.24, 2.45) is 0 Å². The SMILES string of the molecule is C=CCOc1[c-]cccc1.[Zn+][Br]. The van der Waals surface area contributed by atoms with Crippen LogP contribution < -0.4 is 4.74 Å². The van der Waals surface area contributed by atoms with E-state index in [4.69, 9.17) is 4.74 Å². The van der Waals surface area contributed by atoms with Gasteiger partial charge in [0.25, 0.3) is 0 Å². The average molecular weight is 278 g/mol. The Bertz CT molecular complexity index is 201. The Labute approximate surface area is 89.9 Å². The number of halogens is 1. The van der Waals surface area contributed by atoms with Crippen LogP contribution in [0.3, 0.4) is 0 Å². The van der Waals surface area contributed by atoms with Gasteiger partial charge in [0.05, 0.1) is 0 Å². The molecule has 0 saturated carbocycles. The van der Waals surface area contributed by atoms with Crippen molar-refractivity contribution in [3.63, 3.8) is 0 Å². The van der Waals surface area contributed by atoms with Gasteiger partial charge < -0.3 is 4.74 Å². The summed E-state index contributed by atoms with van der Waals surface area (Å²) in [6.07, 6.45) is 1.71. The Kier molecular flexibility index (Phi) is 8.85. The molecule has 0 unspecified atom stereocenters. The predicted octanol–water partition coefficient (Wildman–Crippen LogP) is 2.89. The van der Waals surface area contributed by atoms with Crippen molar-refractivity contribution in [1.29, 1.82) is 0 Å². The van der Waals surface area contributed by atoms with Gasteiger partial charge in [-0.15, -0.1) is 12.1 Å². The molecule has 12 heavy (non-hydrogen) atoms. The molecule has 0 spiro atoms. The fourth-order valence-corrected chi connectivity index (χ4v) is 0.615. The van der Waals surface area contributed by atoms with Gasteiger partial charge in [-0.05, 0) is 0 Å². The summed E-state index contributed by atoms with van der Waals surface area (Å²) in [5, 5.41) is 0. The van der Waals surface area contributed by atoms with Gasteiger partial charge in [0.2, 0.25) is 0 Å². The second-order valence-corrected chi connectivity index (χ2v) is 1.83. The third-order valence-corrected chi connectivity index (χ3v) is 1.04. The van der Waals surface area contributed by atoms with Crippen molar-refractivity contribution in [3.05, 3.63) is 43.0 Å². The quantitative estimate of drug-likeness (QED) is 0.469. The molecule has 0 N–H and O–H groups in total. The van der Waals surface area contributed by atoms with Gasteiger partial charge in [-0.3, -0.25) is 0 Å². The number of rotatable bonds is 3. The summed E-state index contributed by atoms with van der Waals surface area (Å²) in [5.74, 6) is 0.766. The summed E-state index contributed by atoms with van der Waals surface area (Å²) in [4.78, 5) is 0. The molecule has 0 aliphatic carbocycles. The van der Waals surface area contributed by atoms with E-state index in [9.17, 15) is 0 Å². The van der Waals surface area contributed by atoms with Crippen LogP contribution in [0.25, 0.3) is 0 Å². The summed E-state index contributed by atoms with van der Waals surface area (Å²) >= 11 is 4.25. The van der Waals surface area contributed by atoms with Gasteiger partial charge >= 0.3 is 30.0 Å². The van der Waals surface area contributed by atoms with E-state index in [1.54, 1.807) is 6.08 Å². The van der Waals surface area contributed by atoms with Crippen LogP contribution in [0.15, 0.2) is 36.9 Å². The maximum atomic E-state index is 5.18. The van der Waals surface area contributed by atoms with Crippen molar-refractivity contribution >= 4 is 13.6 Å². The van der Waals surface area contributed by atoms with Crippen LogP contribution >= 0.6 is 13.6 Å². The molecule has 0 bridgehead atoms. The number of para-hydroxylation sites is 1. The molecular weight excluding hydrogens is 269 g/mol. The monoisotopic (exact) mass is 276 g/mol. The second kappa shape index (κ2) is 8.96. The molecule has 3 heteroatoms. The molecule has 0 atom stereocenters. The van der Waals surface area contributed by atoms with Crippen molar-refractivity contribution in [3.8, 4) is 5.75 Å². The predicted molar refractivity (Wildman–Crippen MR) is 49.9 cm³/mol. The first kappa shape index (κ1) is 11.9. The fraction of sp³-hybridized carbons (Fsp3) is 0.111. The molecule has 0 amide bonds. The van der Waals surface area contributed by atoms with E-state index in [0.717, 1.165) is 5.75 Å². The molecule has 0 aliphatic rings. The average Bonchev–Trinajstić information content (AvgIpc) is 2.19. The molecular formula is C9H9BrOZn. The van der Waals surface area contributed by atoms with Crippen LogP contribution in [0.4, 0.5) is 0 Å². The van der Waals surface area contributed by atoms with Crippen molar-refractivity contribution < 1.29 is 21.1 Å². The topological polar surface area (TPSA) is 9.23 Å². The molecule has 0 fully saturated rings. The van der Waals surface area contributed by atoms with Crippen LogP contribution in [-0.4, -0.2) is 6.61 Å². The number of hydrogen-bond donors (Lipinski definition) is 0. The normalized spacial score (nSPS) is 7.92. The first-order chi connectivity index (χ1) is 5.93. The van der Waals surface area contributed by atoms with E-state index in [-0.39, 0.29) is 0 Å². The first-order valence-electron chi connectivity index (χ1n) is 3.40. The summed E-state index contributed by atoms with van der Waals surface area (Å²) < 4.78 is 5.18. The summed E-state index contributed by atoms with van der Waals surface area (Å²) in [5.41, 5.74) is 0.